The van der Waals surface area contributed by atoms with Gasteiger partial charge in [-0.25, -0.2) is 0 Å². The van der Waals surface area contributed by atoms with Crippen LogP contribution in [0.5, 0.6) is 0 Å². The van der Waals surface area contributed by atoms with Crippen molar-refractivity contribution in [2.24, 2.45) is 17.3 Å². The van der Waals surface area contributed by atoms with Crippen LogP contribution in [0.25, 0.3) is 0 Å². The lowest BCUT2D eigenvalue weighted by Crippen LogP contribution is -2.45. The predicted octanol–water partition coefficient (Wildman–Crippen LogP) is 2.36. The van der Waals surface area contributed by atoms with Crippen molar-refractivity contribution in [3.8, 4) is 0 Å². The fourth-order valence-corrected chi connectivity index (χ4v) is 2.95. The molecule has 2 rings (SSSR count). The molecule has 2 saturated carbocycles. The zero-order valence-electron chi connectivity index (χ0n) is 9.01. The molecule has 0 amide bonds. The number of carbonyl (C=O) groups is 2. The Kier molecular flexibility index (Phi) is 2.24. The van der Waals surface area contributed by atoms with Gasteiger partial charge in [0.2, 0.25) is 0 Å². The summed E-state index contributed by atoms with van der Waals surface area (Å²) in [4.78, 5) is 23.3. The summed E-state index contributed by atoms with van der Waals surface area (Å²) in [6.07, 6.45) is 4.27. The van der Waals surface area contributed by atoms with Crippen molar-refractivity contribution in [1.29, 1.82) is 0 Å². The van der Waals surface area contributed by atoms with Crippen LogP contribution in [0.3, 0.4) is 0 Å². The van der Waals surface area contributed by atoms with Gasteiger partial charge in [0.15, 0.2) is 0 Å². The van der Waals surface area contributed by atoms with E-state index in [0.29, 0.717) is 18.6 Å². The van der Waals surface area contributed by atoms with Gasteiger partial charge in [-0.15, -0.1) is 0 Å². The molecule has 0 aromatic carbocycles. The second kappa shape index (κ2) is 3.18. The second-order valence-electron chi connectivity index (χ2n) is 5.29. The van der Waals surface area contributed by atoms with Crippen molar-refractivity contribution in [3.05, 3.63) is 0 Å². The highest BCUT2D eigenvalue weighted by atomic mass is 16.1. The molecular formula is C12H18O2. The maximum Gasteiger partial charge on any atom is 0.139 e. The van der Waals surface area contributed by atoms with Gasteiger partial charge >= 0.3 is 0 Å². The summed E-state index contributed by atoms with van der Waals surface area (Å²) in [6, 6.07) is 0. The number of hydrogen-bond acceptors (Lipinski definition) is 2. The summed E-state index contributed by atoms with van der Waals surface area (Å²) in [5.41, 5.74) is 0.136. The minimum Gasteiger partial charge on any atom is -0.300 e. The van der Waals surface area contributed by atoms with Crippen LogP contribution in [0, 0.1) is 17.3 Å². The van der Waals surface area contributed by atoms with Gasteiger partial charge in [-0.3, -0.25) is 9.59 Å². The normalized spacial score (nSPS) is 43.6. The molecule has 0 spiro atoms. The molecular weight excluding hydrogens is 176 g/mol. The first-order valence-corrected chi connectivity index (χ1v) is 5.58. The second-order valence-corrected chi connectivity index (χ2v) is 5.29. The Balaban J connectivity index is 2.24. The van der Waals surface area contributed by atoms with Crippen LogP contribution in [0.1, 0.15) is 46.0 Å². The number of rotatable bonds is 0. The fourth-order valence-electron chi connectivity index (χ4n) is 2.95. The molecule has 0 radical (unpaired) electrons. The molecule has 3 atom stereocenters. The molecule has 0 N–H and O–H groups in total. The maximum absolute atomic E-state index is 12.0. The Labute approximate surface area is 85.1 Å². The van der Waals surface area contributed by atoms with E-state index in [1.165, 1.54) is 0 Å². The highest BCUT2D eigenvalue weighted by molar-refractivity contribution is 5.91. The molecule has 0 aliphatic heterocycles. The molecule has 2 nitrogen and oxygen atoms in total. The molecule has 0 unspecified atom stereocenters. The Morgan fingerprint density at radius 2 is 2.00 bits per heavy atom. The molecule has 2 aliphatic rings. The van der Waals surface area contributed by atoms with Gasteiger partial charge in [-0.05, 0) is 24.7 Å². The Hall–Kier alpha value is -0.660. The standard InChI is InChI=1S/C12H18O2/c1-8-3-5-12(2)6-4-9(13)7-10(12)11(8)14/h8,10H,3-7H2,1-2H3/t8-,10-,12-/m1/s1. The minimum absolute atomic E-state index is 0.0347. The van der Waals surface area contributed by atoms with Gasteiger partial charge < -0.3 is 0 Å². The SMILES string of the molecule is C[C@@H]1CC[C@]2(C)CCC(=O)C[C@@H]2C1=O. The molecule has 2 aliphatic carbocycles. The summed E-state index contributed by atoms with van der Waals surface area (Å²) in [7, 11) is 0. The molecule has 0 heterocycles. The van der Waals surface area contributed by atoms with Crippen LogP contribution in [-0.2, 0) is 9.59 Å². The van der Waals surface area contributed by atoms with E-state index in [2.05, 4.69) is 6.92 Å². The summed E-state index contributed by atoms with van der Waals surface area (Å²) in [6.45, 7) is 4.19. The third-order valence-corrected chi connectivity index (χ3v) is 4.23. The minimum atomic E-state index is 0.0347. The van der Waals surface area contributed by atoms with E-state index >= 15 is 0 Å². The van der Waals surface area contributed by atoms with Crippen molar-refractivity contribution >= 4 is 11.6 Å². The summed E-state index contributed by atoms with van der Waals surface area (Å²) < 4.78 is 0. The quantitative estimate of drug-likeness (QED) is 0.593. The third-order valence-electron chi connectivity index (χ3n) is 4.23. The van der Waals surface area contributed by atoms with Gasteiger partial charge in [0.1, 0.15) is 11.6 Å². The van der Waals surface area contributed by atoms with Gasteiger partial charge in [-0.2, -0.15) is 0 Å². The van der Waals surface area contributed by atoms with Crippen molar-refractivity contribution in [1.82, 2.24) is 0 Å². The van der Waals surface area contributed by atoms with E-state index in [-0.39, 0.29) is 23.0 Å². The molecule has 78 valence electrons. The van der Waals surface area contributed by atoms with E-state index in [1.54, 1.807) is 0 Å². The van der Waals surface area contributed by atoms with E-state index in [4.69, 9.17) is 0 Å². The van der Waals surface area contributed by atoms with Crippen molar-refractivity contribution < 1.29 is 9.59 Å². The highest BCUT2D eigenvalue weighted by Gasteiger charge is 2.47. The number of ketones is 2. The fraction of sp³-hybridized carbons (Fsp3) is 0.833. The first-order valence-electron chi connectivity index (χ1n) is 5.58. The summed E-state index contributed by atoms with van der Waals surface area (Å²) >= 11 is 0. The summed E-state index contributed by atoms with van der Waals surface area (Å²) in [5.74, 6) is 0.841. The van der Waals surface area contributed by atoms with Crippen molar-refractivity contribution in [3.63, 3.8) is 0 Å². The zero-order chi connectivity index (χ0) is 10.3. The number of Topliss-reactive ketones (excluding diaryl/α,β-unsaturated/α-hetero) is 2. The monoisotopic (exact) mass is 194 g/mol. The van der Waals surface area contributed by atoms with Crippen LogP contribution in [0.2, 0.25) is 0 Å². The Morgan fingerprint density at radius 3 is 2.71 bits per heavy atom. The van der Waals surface area contributed by atoms with E-state index in [9.17, 15) is 9.59 Å². The van der Waals surface area contributed by atoms with E-state index in [1.807, 2.05) is 6.92 Å². The predicted molar refractivity (Wildman–Crippen MR) is 53.9 cm³/mol. The van der Waals surface area contributed by atoms with Gasteiger partial charge in [0.25, 0.3) is 0 Å². The Bertz CT molecular complexity index is 282. The lowest BCUT2D eigenvalue weighted by atomic mass is 9.58. The van der Waals surface area contributed by atoms with Gasteiger partial charge in [-0.1, -0.05) is 13.8 Å². The topological polar surface area (TPSA) is 34.1 Å². The zero-order valence-corrected chi connectivity index (χ0v) is 9.01. The summed E-state index contributed by atoms with van der Waals surface area (Å²) in [5, 5.41) is 0. The first-order chi connectivity index (χ1) is 6.53. The van der Waals surface area contributed by atoms with Crippen molar-refractivity contribution in [2.45, 2.75) is 46.0 Å². The van der Waals surface area contributed by atoms with Crippen LogP contribution < -0.4 is 0 Å². The van der Waals surface area contributed by atoms with Crippen LogP contribution in [0.4, 0.5) is 0 Å². The van der Waals surface area contributed by atoms with Crippen LogP contribution in [-0.4, -0.2) is 11.6 Å². The van der Waals surface area contributed by atoms with Crippen molar-refractivity contribution in [2.75, 3.05) is 0 Å². The average molecular weight is 194 g/mol. The molecule has 0 aromatic rings. The molecule has 2 fully saturated rings. The number of fused-ring (bicyclic) bond motifs is 1. The third kappa shape index (κ3) is 1.41. The molecule has 0 saturated heterocycles. The largest absolute Gasteiger partial charge is 0.300 e. The van der Waals surface area contributed by atoms with Crippen LogP contribution in [0.15, 0.2) is 0 Å². The highest BCUT2D eigenvalue weighted by Crippen LogP contribution is 2.48. The first kappa shape index (κ1) is 9.88. The van der Waals surface area contributed by atoms with E-state index in [0.717, 1.165) is 19.3 Å². The molecule has 0 aromatic heterocycles. The lowest BCUT2D eigenvalue weighted by Gasteiger charge is -2.45. The molecule has 14 heavy (non-hydrogen) atoms. The number of hydrogen-bond donors (Lipinski definition) is 0. The molecule has 0 bridgehead atoms. The lowest BCUT2D eigenvalue weighted by molar-refractivity contribution is -0.143. The van der Waals surface area contributed by atoms with Crippen LogP contribution >= 0.6 is 0 Å². The average Bonchev–Trinajstić information content (AvgIpc) is 2.16. The van der Waals surface area contributed by atoms with Gasteiger partial charge in [0.05, 0.1) is 0 Å². The number of carbonyl (C=O) groups excluding carboxylic acids is 2. The smallest absolute Gasteiger partial charge is 0.139 e. The van der Waals surface area contributed by atoms with E-state index < -0.39 is 0 Å². The Morgan fingerprint density at radius 1 is 1.29 bits per heavy atom. The van der Waals surface area contributed by atoms with Gasteiger partial charge in [0, 0.05) is 24.7 Å². The molecule has 2 heteroatoms. The maximum atomic E-state index is 12.0.